The van der Waals surface area contributed by atoms with Gasteiger partial charge >= 0.3 is 5.97 Å². The van der Waals surface area contributed by atoms with Crippen molar-refractivity contribution >= 4 is 27.6 Å². The van der Waals surface area contributed by atoms with E-state index in [-0.39, 0.29) is 11.4 Å². The van der Waals surface area contributed by atoms with Crippen molar-refractivity contribution in [1.82, 2.24) is 9.97 Å². The third kappa shape index (κ3) is 2.20. The molecule has 14 heavy (non-hydrogen) atoms. The first kappa shape index (κ1) is 10.9. The lowest BCUT2D eigenvalue weighted by molar-refractivity contribution is 0.0520. The second-order valence-corrected chi connectivity index (χ2v) is 3.30. The molecule has 0 radical (unpaired) electrons. The monoisotopic (exact) mass is 259 g/mol. The Bertz CT molecular complexity index is 368. The van der Waals surface area contributed by atoms with Crippen LogP contribution < -0.4 is 5.73 Å². The first-order valence-electron chi connectivity index (χ1n) is 4.03. The van der Waals surface area contributed by atoms with Gasteiger partial charge in [0.2, 0.25) is 0 Å². The van der Waals surface area contributed by atoms with Crippen LogP contribution in [0.3, 0.4) is 0 Å². The van der Waals surface area contributed by atoms with Crippen molar-refractivity contribution < 1.29 is 9.53 Å². The van der Waals surface area contributed by atoms with Gasteiger partial charge in [0.15, 0.2) is 5.69 Å². The number of rotatable bonds is 2. The van der Waals surface area contributed by atoms with Gasteiger partial charge in [-0.1, -0.05) is 0 Å². The molecule has 0 saturated heterocycles. The van der Waals surface area contributed by atoms with Gasteiger partial charge in [-0.2, -0.15) is 0 Å². The number of nitrogens with two attached hydrogens (primary N) is 1. The molecule has 6 heteroatoms. The number of nitrogens with zero attached hydrogens (tertiary/aromatic N) is 2. The minimum atomic E-state index is -0.531. The van der Waals surface area contributed by atoms with Crippen molar-refractivity contribution in [3.63, 3.8) is 0 Å². The van der Waals surface area contributed by atoms with Crippen LogP contribution >= 0.6 is 15.9 Å². The van der Waals surface area contributed by atoms with Crippen molar-refractivity contribution in [2.24, 2.45) is 0 Å². The smallest absolute Gasteiger partial charge is 0.359 e. The van der Waals surface area contributed by atoms with E-state index in [2.05, 4.69) is 25.9 Å². The van der Waals surface area contributed by atoms with Gasteiger partial charge in [-0.3, -0.25) is 0 Å². The molecule has 5 nitrogen and oxygen atoms in total. The summed E-state index contributed by atoms with van der Waals surface area (Å²) in [6.07, 6.45) is 0. The Morgan fingerprint density at radius 3 is 2.79 bits per heavy atom. The van der Waals surface area contributed by atoms with Gasteiger partial charge in [0.05, 0.1) is 12.3 Å². The Balaban J connectivity index is 3.13. The summed E-state index contributed by atoms with van der Waals surface area (Å²) in [4.78, 5) is 19.2. The number of halogens is 1. The Morgan fingerprint density at radius 2 is 2.21 bits per heavy atom. The third-order valence-electron chi connectivity index (χ3n) is 1.48. The Kier molecular flexibility index (Phi) is 3.40. The summed E-state index contributed by atoms with van der Waals surface area (Å²) in [5.41, 5.74) is 5.92. The highest BCUT2D eigenvalue weighted by Gasteiger charge is 2.16. The van der Waals surface area contributed by atoms with Crippen LogP contribution in [0, 0.1) is 6.92 Å². The lowest BCUT2D eigenvalue weighted by Gasteiger charge is -2.06. The molecule has 0 fully saturated rings. The summed E-state index contributed by atoms with van der Waals surface area (Å²) in [7, 11) is 0. The summed E-state index contributed by atoms with van der Waals surface area (Å²) in [5.74, 6) is -0.0645. The van der Waals surface area contributed by atoms with Gasteiger partial charge in [0.1, 0.15) is 10.4 Å². The highest BCUT2D eigenvalue weighted by atomic mass is 79.9. The van der Waals surface area contributed by atoms with E-state index in [0.717, 1.165) is 0 Å². The van der Waals surface area contributed by atoms with Crippen LogP contribution in [0.2, 0.25) is 0 Å². The van der Waals surface area contributed by atoms with Crippen molar-refractivity contribution in [3.05, 3.63) is 16.1 Å². The average Bonchev–Trinajstić information content (AvgIpc) is 2.11. The lowest BCUT2D eigenvalue weighted by Crippen LogP contribution is -2.12. The minimum Gasteiger partial charge on any atom is -0.461 e. The van der Waals surface area contributed by atoms with Crippen LogP contribution in [0.5, 0.6) is 0 Å². The van der Waals surface area contributed by atoms with Crippen molar-refractivity contribution in [3.8, 4) is 0 Å². The molecule has 0 saturated carbocycles. The molecule has 1 aromatic rings. The number of carbonyl (C=O) groups is 1. The maximum absolute atomic E-state index is 11.4. The van der Waals surface area contributed by atoms with E-state index in [0.29, 0.717) is 17.0 Å². The molecule has 1 aromatic heterocycles. The number of esters is 1. The predicted octanol–water partition coefficient (Wildman–Crippen LogP) is 1.31. The molecule has 0 spiro atoms. The summed E-state index contributed by atoms with van der Waals surface area (Å²) in [6.45, 7) is 3.68. The van der Waals surface area contributed by atoms with E-state index in [9.17, 15) is 4.79 Å². The van der Waals surface area contributed by atoms with E-state index in [1.807, 2.05) is 0 Å². The molecular formula is C8H10BrN3O2. The first-order valence-corrected chi connectivity index (χ1v) is 4.82. The number of ether oxygens (including phenoxy) is 1. The number of nitrogen functional groups attached to an aromatic ring is 1. The molecule has 1 heterocycles. The molecule has 0 unspecified atom stereocenters. The van der Waals surface area contributed by atoms with Gasteiger partial charge in [-0.05, 0) is 29.8 Å². The first-order chi connectivity index (χ1) is 6.56. The molecule has 0 amide bonds. The molecule has 0 atom stereocenters. The minimum absolute atomic E-state index is 0.103. The molecule has 0 aliphatic heterocycles. The lowest BCUT2D eigenvalue weighted by atomic mass is 10.3. The average molecular weight is 260 g/mol. The number of aromatic nitrogens is 2. The van der Waals surface area contributed by atoms with Crippen LogP contribution in [-0.4, -0.2) is 22.5 Å². The Hall–Kier alpha value is -1.17. The number of hydrogen-bond donors (Lipinski definition) is 1. The number of carbonyl (C=O) groups excluding carboxylic acids is 1. The van der Waals surface area contributed by atoms with Gasteiger partial charge in [-0.15, -0.1) is 0 Å². The summed E-state index contributed by atoms with van der Waals surface area (Å²) >= 11 is 3.13. The maximum atomic E-state index is 11.4. The van der Waals surface area contributed by atoms with Gasteiger partial charge in [0.25, 0.3) is 0 Å². The van der Waals surface area contributed by atoms with Gasteiger partial charge in [-0.25, -0.2) is 14.8 Å². The van der Waals surface area contributed by atoms with Crippen LogP contribution in [0.25, 0.3) is 0 Å². The van der Waals surface area contributed by atoms with E-state index in [1.165, 1.54) is 0 Å². The van der Waals surface area contributed by atoms with Crippen LogP contribution in [0.4, 0.5) is 5.69 Å². The molecular weight excluding hydrogens is 250 g/mol. The zero-order chi connectivity index (χ0) is 10.7. The van der Waals surface area contributed by atoms with Gasteiger partial charge in [0, 0.05) is 0 Å². The summed E-state index contributed by atoms with van der Waals surface area (Å²) in [6, 6.07) is 0. The molecule has 0 aliphatic carbocycles. The number of hydrogen-bond acceptors (Lipinski definition) is 5. The standard InChI is InChI=1S/C8H10BrN3O2/c1-3-14-8(13)6-5(10)7(9)12-4(2)11-6/h3,10H2,1-2H3. The van der Waals surface area contributed by atoms with E-state index in [4.69, 9.17) is 10.5 Å². The fourth-order valence-corrected chi connectivity index (χ4v) is 1.35. The normalized spacial score (nSPS) is 9.93. The molecule has 1 rings (SSSR count). The molecule has 0 aromatic carbocycles. The summed E-state index contributed by atoms with van der Waals surface area (Å²) in [5, 5.41) is 0. The zero-order valence-corrected chi connectivity index (χ0v) is 9.46. The second kappa shape index (κ2) is 4.36. The van der Waals surface area contributed by atoms with E-state index in [1.54, 1.807) is 13.8 Å². The highest BCUT2D eigenvalue weighted by Crippen LogP contribution is 2.20. The fraction of sp³-hybridized carbons (Fsp3) is 0.375. The van der Waals surface area contributed by atoms with Crippen LogP contribution in [0.1, 0.15) is 23.2 Å². The molecule has 2 N–H and O–H groups in total. The Morgan fingerprint density at radius 1 is 1.57 bits per heavy atom. The predicted molar refractivity (Wildman–Crippen MR) is 54.8 cm³/mol. The third-order valence-corrected chi connectivity index (χ3v) is 2.08. The van der Waals surface area contributed by atoms with Gasteiger partial charge < -0.3 is 10.5 Å². The Labute approximate surface area is 89.8 Å². The molecule has 0 aliphatic rings. The van der Waals surface area contributed by atoms with Crippen LogP contribution in [-0.2, 0) is 4.74 Å². The molecule has 0 bridgehead atoms. The fourth-order valence-electron chi connectivity index (χ4n) is 0.902. The van der Waals surface area contributed by atoms with Crippen molar-refractivity contribution in [2.75, 3.05) is 12.3 Å². The van der Waals surface area contributed by atoms with Crippen LogP contribution in [0.15, 0.2) is 4.60 Å². The number of aryl methyl sites for hydroxylation is 1. The van der Waals surface area contributed by atoms with E-state index < -0.39 is 5.97 Å². The highest BCUT2D eigenvalue weighted by molar-refractivity contribution is 9.10. The number of anilines is 1. The second-order valence-electron chi connectivity index (χ2n) is 2.54. The van der Waals surface area contributed by atoms with E-state index >= 15 is 0 Å². The van der Waals surface area contributed by atoms with Crippen molar-refractivity contribution in [1.29, 1.82) is 0 Å². The topological polar surface area (TPSA) is 78.1 Å². The van der Waals surface area contributed by atoms with Crippen molar-refractivity contribution in [2.45, 2.75) is 13.8 Å². The zero-order valence-electron chi connectivity index (χ0n) is 7.87. The SMILES string of the molecule is CCOC(=O)c1nc(C)nc(Br)c1N. The maximum Gasteiger partial charge on any atom is 0.359 e. The molecule has 76 valence electrons. The quantitative estimate of drug-likeness (QED) is 0.640. The largest absolute Gasteiger partial charge is 0.461 e. The summed E-state index contributed by atoms with van der Waals surface area (Å²) < 4.78 is 5.20.